The Labute approximate surface area is 232 Å². The summed E-state index contributed by atoms with van der Waals surface area (Å²) in [7, 11) is 7.24. The molecule has 1 aromatic heterocycles. The molecule has 0 bridgehead atoms. The SMILES string of the molecule is COC(=O)[C@]1(C)Nc2c(OC)cc3c(c2C1=O)[C@H](CBr)CN3C(=O)c1cc2cc(OC)c(OC)c(OC)c2[nH]1. The highest BCUT2D eigenvalue weighted by molar-refractivity contribution is 9.09. The first kappa shape index (κ1) is 26.7. The van der Waals surface area contributed by atoms with Crippen molar-refractivity contribution < 1.29 is 38.1 Å². The lowest BCUT2D eigenvalue weighted by Crippen LogP contribution is -2.47. The number of aromatic nitrogens is 1. The number of ether oxygens (including phenoxy) is 5. The van der Waals surface area contributed by atoms with E-state index in [9.17, 15) is 14.4 Å². The Morgan fingerprint density at radius 3 is 2.31 bits per heavy atom. The van der Waals surface area contributed by atoms with Crippen molar-refractivity contribution in [1.29, 1.82) is 0 Å². The molecular weight excluding hydrogens is 574 g/mol. The third-order valence-corrected chi connectivity index (χ3v) is 8.14. The van der Waals surface area contributed by atoms with E-state index in [0.29, 0.717) is 74.0 Å². The number of methoxy groups -OCH3 is 5. The lowest BCUT2D eigenvalue weighted by Gasteiger charge is -2.20. The van der Waals surface area contributed by atoms with E-state index >= 15 is 0 Å². The molecule has 3 aromatic rings. The molecule has 0 fully saturated rings. The Kier molecular flexibility index (Phi) is 6.61. The second-order valence-corrected chi connectivity index (χ2v) is 10.0. The number of benzene rings is 2. The van der Waals surface area contributed by atoms with Gasteiger partial charge in [-0.25, -0.2) is 4.79 Å². The molecule has 206 valence electrons. The van der Waals surface area contributed by atoms with Gasteiger partial charge in [0.1, 0.15) is 11.4 Å². The lowest BCUT2D eigenvalue weighted by molar-refractivity contribution is -0.143. The number of H-pyrrole nitrogens is 1. The van der Waals surface area contributed by atoms with Crippen LogP contribution < -0.4 is 29.2 Å². The first-order valence-electron chi connectivity index (χ1n) is 12.0. The van der Waals surface area contributed by atoms with Crippen LogP contribution in [0.2, 0.25) is 0 Å². The van der Waals surface area contributed by atoms with Crippen LogP contribution in [0, 0.1) is 0 Å². The molecule has 2 aliphatic rings. The van der Waals surface area contributed by atoms with Crippen LogP contribution in [-0.2, 0) is 9.53 Å². The second kappa shape index (κ2) is 9.67. The Balaban J connectivity index is 1.64. The van der Waals surface area contributed by atoms with E-state index in [1.165, 1.54) is 42.5 Å². The fourth-order valence-corrected chi connectivity index (χ4v) is 5.98. The van der Waals surface area contributed by atoms with Gasteiger partial charge in [-0.05, 0) is 24.6 Å². The average molecular weight is 602 g/mol. The summed E-state index contributed by atoms with van der Waals surface area (Å²) < 4.78 is 27.0. The standard InChI is InChI=1S/C27H28BrN3O8/c1-27(26(34)39-6)24(32)19-18-13(10-28)11-31(15(18)9-16(35-2)21(19)30-27)25(33)14-7-12-8-17(36-3)22(37-4)23(38-5)20(12)29-14/h7-9,13,29-30H,10-11H2,1-6H3/t13-,27-/m1/s1. The summed E-state index contributed by atoms with van der Waals surface area (Å²) in [6, 6.07) is 5.19. The van der Waals surface area contributed by atoms with Gasteiger partial charge in [0.25, 0.3) is 5.91 Å². The third-order valence-electron chi connectivity index (χ3n) is 7.36. The smallest absolute Gasteiger partial charge is 0.339 e. The minimum atomic E-state index is -1.61. The zero-order valence-electron chi connectivity index (χ0n) is 22.3. The number of esters is 1. The second-order valence-electron chi connectivity index (χ2n) is 9.39. The van der Waals surface area contributed by atoms with Crippen molar-refractivity contribution in [1.82, 2.24) is 4.98 Å². The minimum Gasteiger partial charge on any atom is -0.494 e. The molecular formula is C27H28BrN3O8. The number of ketones is 1. The zero-order chi connectivity index (χ0) is 28.2. The van der Waals surface area contributed by atoms with Gasteiger partial charge < -0.3 is 38.9 Å². The maximum atomic E-state index is 14.0. The number of amides is 1. The normalized spacial score (nSPS) is 19.4. The fourth-order valence-electron chi connectivity index (χ4n) is 5.46. The van der Waals surface area contributed by atoms with Gasteiger partial charge in [-0.1, -0.05) is 15.9 Å². The molecule has 2 aromatic carbocycles. The van der Waals surface area contributed by atoms with Crippen molar-refractivity contribution in [2.45, 2.75) is 18.4 Å². The number of nitrogens with zero attached hydrogens (tertiary/aromatic N) is 1. The van der Waals surface area contributed by atoms with Crippen LogP contribution in [0.3, 0.4) is 0 Å². The van der Waals surface area contributed by atoms with Crippen LogP contribution in [0.15, 0.2) is 18.2 Å². The van der Waals surface area contributed by atoms with Gasteiger partial charge in [-0.15, -0.1) is 0 Å². The number of carbonyl (C=O) groups is 3. The minimum absolute atomic E-state index is 0.214. The number of hydrogen-bond donors (Lipinski definition) is 2. The van der Waals surface area contributed by atoms with Crippen molar-refractivity contribution in [2.24, 2.45) is 0 Å². The van der Waals surface area contributed by atoms with E-state index in [4.69, 9.17) is 23.7 Å². The molecule has 39 heavy (non-hydrogen) atoms. The highest BCUT2D eigenvalue weighted by Gasteiger charge is 2.53. The number of anilines is 2. The molecule has 0 aliphatic carbocycles. The first-order chi connectivity index (χ1) is 18.7. The molecule has 0 spiro atoms. The Morgan fingerprint density at radius 1 is 1.03 bits per heavy atom. The largest absolute Gasteiger partial charge is 0.494 e. The van der Waals surface area contributed by atoms with E-state index in [2.05, 4.69) is 26.2 Å². The Morgan fingerprint density at radius 2 is 1.72 bits per heavy atom. The lowest BCUT2D eigenvalue weighted by atomic mass is 9.89. The number of hydrogen-bond acceptors (Lipinski definition) is 9. The number of rotatable bonds is 7. The quantitative estimate of drug-likeness (QED) is 0.235. The van der Waals surface area contributed by atoms with Crippen molar-refractivity contribution in [3.63, 3.8) is 0 Å². The average Bonchev–Trinajstić information content (AvgIpc) is 3.62. The fraction of sp³-hybridized carbons (Fsp3) is 0.370. The molecule has 2 N–H and O–H groups in total. The monoisotopic (exact) mass is 601 g/mol. The molecule has 12 heteroatoms. The summed E-state index contributed by atoms with van der Waals surface area (Å²) in [6.07, 6.45) is 0. The number of alkyl halides is 1. The molecule has 0 unspecified atom stereocenters. The summed E-state index contributed by atoms with van der Waals surface area (Å²) in [5.74, 6) is -0.0619. The summed E-state index contributed by atoms with van der Waals surface area (Å²) in [5.41, 5.74) is 1.20. The van der Waals surface area contributed by atoms with Crippen LogP contribution in [0.4, 0.5) is 11.4 Å². The van der Waals surface area contributed by atoms with Crippen molar-refractivity contribution in [3.05, 3.63) is 35.0 Å². The highest BCUT2D eigenvalue weighted by atomic mass is 79.9. The predicted octanol–water partition coefficient (Wildman–Crippen LogP) is 3.88. The molecule has 1 amide bonds. The van der Waals surface area contributed by atoms with Gasteiger partial charge in [0.05, 0.1) is 58.0 Å². The molecule has 3 heterocycles. The summed E-state index contributed by atoms with van der Waals surface area (Å²) >= 11 is 3.55. The highest BCUT2D eigenvalue weighted by Crippen LogP contribution is 2.51. The van der Waals surface area contributed by atoms with Gasteiger partial charge >= 0.3 is 5.97 Å². The molecule has 0 saturated carbocycles. The van der Waals surface area contributed by atoms with E-state index in [1.807, 2.05) is 0 Å². The van der Waals surface area contributed by atoms with Gasteiger partial charge in [-0.2, -0.15) is 0 Å². The van der Waals surface area contributed by atoms with Crippen LogP contribution in [0.5, 0.6) is 23.0 Å². The van der Waals surface area contributed by atoms with Crippen LogP contribution >= 0.6 is 15.9 Å². The molecule has 0 saturated heterocycles. The van der Waals surface area contributed by atoms with Crippen molar-refractivity contribution in [3.8, 4) is 23.0 Å². The van der Waals surface area contributed by atoms with E-state index < -0.39 is 17.3 Å². The number of aromatic amines is 1. The van der Waals surface area contributed by atoms with E-state index in [-0.39, 0.29) is 11.8 Å². The number of fused-ring (bicyclic) bond motifs is 4. The molecule has 2 atom stereocenters. The summed E-state index contributed by atoms with van der Waals surface area (Å²) in [6.45, 7) is 1.79. The van der Waals surface area contributed by atoms with Gasteiger partial charge in [-0.3, -0.25) is 9.59 Å². The maximum absolute atomic E-state index is 14.0. The topological polar surface area (TPSA) is 128 Å². The van der Waals surface area contributed by atoms with Crippen LogP contribution in [0.25, 0.3) is 10.9 Å². The number of Topliss-reactive ketones (excluding diaryl/α,β-unsaturated/α-hetero) is 1. The van der Waals surface area contributed by atoms with Crippen molar-refractivity contribution >= 4 is 55.9 Å². The summed E-state index contributed by atoms with van der Waals surface area (Å²) in [5, 5.41) is 4.21. The van der Waals surface area contributed by atoms with Crippen LogP contribution in [0.1, 0.15) is 39.3 Å². The van der Waals surface area contributed by atoms with Crippen LogP contribution in [-0.4, -0.2) is 75.6 Å². The van der Waals surface area contributed by atoms with E-state index in [0.717, 1.165) is 0 Å². The molecule has 5 rings (SSSR count). The summed E-state index contributed by atoms with van der Waals surface area (Å²) in [4.78, 5) is 45.0. The van der Waals surface area contributed by atoms with Gasteiger partial charge in [0, 0.05) is 29.2 Å². The number of halogens is 1. The number of nitrogens with one attached hydrogen (secondary N) is 2. The molecule has 2 aliphatic heterocycles. The Bertz CT molecular complexity index is 1530. The van der Waals surface area contributed by atoms with E-state index in [1.54, 1.807) is 23.1 Å². The Hall–Kier alpha value is -3.93. The van der Waals surface area contributed by atoms with Crippen molar-refractivity contribution in [2.75, 3.05) is 57.6 Å². The molecule has 0 radical (unpaired) electrons. The van der Waals surface area contributed by atoms with Gasteiger partial charge in [0.2, 0.25) is 11.5 Å². The zero-order valence-corrected chi connectivity index (χ0v) is 23.9. The number of carbonyl (C=O) groups excluding carboxylic acids is 3. The van der Waals surface area contributed by atoms with Gasteiger partial charge in [0.15, 0.2) is 17.0 Å². The maximum Gasteiger partial charge on any atom is 0.339 e. The first-order valence-corrected chi connectivity index (χ1v) is 13.2. The predicted molar refractivity (Wildman–Crippen MR) is 148 cm³/mol. The molecule has 11 nitrogen and oxygen atoms in total. The third kappa shape index (κ3) is 3.72.